The Morgan fingerprint density at radius 2 is 2.21 bits per heavy atom. The molecule has 2 heterocycles. The Balaban J connectivity index is 1.93. The SMILES string of the molecule is CC(C)(O)C1CCCN1C(=O)c1cc2c(OC(F)F)cccc2[nH]1. The number of aromatic amines is 1. The molecule has 1 aliphatic rings. The van der Waals surface area contributed by atoms with Crippen LogP contribution in [-0.4, -0.2) is 45.7 Å². The molecule has 1 aromatic heterocycles. The standard InChI is InChI=1S/C17H20F2N2O3/c1-17(2,23)14-7-4-8-21(14)15(22)12-9-10-11(20-12)5-3-6-13(10)24-16(18)19/h3,5-6,9,14,16,20,23H,4,7-8H2,1-2H3. The van der Waals surface area contributed by atoms with Gasteiger partial charge in [0.25, 0.3) is 5.91 Å². The maximum Gasteiger partial charge on any atom is 0.387 e. The fourth-order valence-corrected chi connectivity index (χ4v) is 3.34. The van der Waals surface area contributed by atoms with E-state index in [2.05, 4.69) is 9.72 Å². The van der Waals surface area contributed by atoms with E-state index in [1.165, 1.54) is 12.1 Å². The van der Waals surface area contributed by atoms with E-state index in [4.69, 9.17) is 0 Å². The van der Waals surface area contributed by atoms with Crippen LogP contribution >= 0.6 is 0 Å². The molecule has 0 aliphatic carbocycles. The van der Waals surface area contributed by atoms with E-state index in [0.29, 0.717) is 23.1 Å². The van der Waals surface area contributed by atoms with Crippen molar-refractivity contribution < 1.29 is 23.4 Å². The highest BCUT2D eigenvalue weighted by molar-refractivity contribution is 6.00. The number of amides is 1. The molecule has 2 N–H and O–H groups in total. The predicted octanol–water partition coefficient (Wildman–Crippen LogP) is 3.14. The fourth-order valence-electron chi connectivity index (χ4n) is 3.34. The summed E-state index contributed by atoms with van der Waals surface area (Å²) in [5, 5.41) is 10.7. The number of carbonyl (C=O) groups is 1. The Morgan fingerprint density at radius 1 is 1.46 bits per heavy atom. The third kappa shape index (κ3) is 3.08. The Hall–Kier alpha value is -2.15. The Labute approximate surface area is 138 Å². The second-order valence-electron chi connectivity index (χ2n) is 6.59. The number of aliphatic hydroxyl groups is 1. The molecule has 1 unspecified atom stereocenters. The number of alkyl halides is 2. The van der Waals surface area contributed by atoms with Crippen molar-refractivity contribution in [2.24, 2.45) is 0 Å². The Morgan fingerprint density at radius 3 is 2.88 bits per heavy atom. The molecule has 0 bridgehead atoms. The van der Waals surface area contributed by atoms with Crippen molar-refractivity contribution in [3.63, 3.8) is 0 Å². The van der Waals surface area contributed by atoms with Crippen LogP contribution in [-0.2, 0) is 0 Å². The lowest BCUT2D eigenvalue weighted by molar-refractivity contribution is -0.0487. The van der Waals surface area contributed by atoms with Crippen LogP contribution < -0.4 is 4.74 Å². The molecule has 2 aromatic rings. The number of likely N-dealkylation sites (tertiary alicyclic amines) is 1. The summed E-state index contributed by atoms with van der Waals surface area (Å²) < 4.78 is 29.5. The molecular weight excluding hydrogens is 318 g/mol. The minimum absolute atomic E-state index is 0.0262. The quantitative estimate of drug-likeness (QED) is 0.900. The number of H-pyrrole nitrogens is 1. The normalized spacial score (nSPS) is 18.6. The van der Waals surface area contributed by atoms with Gasteiger partial charge in [-0.3, -0.25) is 4.79 Å². The number of nitrogens with zero attached hydrogens (tertiary/aromatic N) is 1. The summed E-state index contributed by atoms with van der Waals surface area (Å²) >= 11 is 0. The topological polar surface area (TPSA) is 65.6 Å². The van der Waals surface area contributed by atoms with E-state index in [1.807, 2.05) is 0 Å². The zero-order valence-electron chi connectivity index (χ0n) is 13.6. The number of hydrogen-bond donors (Lipinski definition) is 2. The monoisotopic (exact) mass is 338 g/mol. The van der Waals surface area contributed by atoms with Gasteiger partial charge in [-0.15, -0.1) is 0 Å². The van der Waals surface area contributed by atoms with E-state index in [0.717, 1.165) is 12.8 Å². The first kappa shape index (κ1) is 16.7. The smallest absolute Gasteiger partial charge is 0.387 e. The van der Waals surface area contributed by atoms with E-state index < -0.39 is 12.2 Å². The molecule has 1 amide bonds. The second-order valence-corrected chi connectivity index (χ2v) is 6.59. The average molecular weight is 338 g/mol. The number of rotatable bonds is 4. The summed E-state index contributed by atoms with van der Waals surface area (Å²) in [6.45, 7) is 0.998. The lowest BCUT2D eigenvalue weighted by atomic mass is 9.96. The fraction of sp³-hybridized carbons (Fsp3) is 0.471. The van der Waals surface area contributed by atoms with Crippen molar-refractivity contribution in [2.75, 3.05) is 6.54 Å². The Bertz CT molecular complexity index is 752. The van der Waals surface area contributed by atoms with Crippen molar-refractivity contribution in [1.82, 2.24) is 9.88 Å². The van der Waals surface area contributed by atoms with Gasteiger partial charge in [0.2, 0.25) is 0 Å². The maximum absolute atomic E-state index is 12.8. The average Bonchev–Trinajstić information content (AvgIpc) is 3.12. The summed E-state index contributed by atoms with van der Waals surface area (Å²) in [4.78, 5) is 17.4. The maximum atomic E-state index is 12.8. The molecule has 1 aromatic carbocycles. The molecule has 0 radical (unpaired) electrons. The van der Waals surface area contributed by atoms with Crippen LogP contribution in [0.5, 0.6) is 5.75 Å². The van der Waals surface area contributed by atoms with Crippen LogP contribution in [0.3, 0.4) is 0 Å². The first-order valence-corrected chi connectivity index (χ1v) is 7.87. The molecule has 7 heteroatoms. The van der Waals surface area contributed by atoms with Crippen LogP contribution in [0.4, 0.5) is 8.78 Å². The van der Waals surface area contributed by atoms with Gasteiger partial charge in [-0.25, -0.2) is 0 Å². The number of hydrogen-bond acceptors (Lipinski definition) is 3. The van der Waals surface area contributed by atoms with Crippen LogP contribution in [0.1, 0.15) is 37.2 Å². The van der Waals surface area contributed by atoms with Gasteiger partial charge in [0, 0.05) is 17.4 Å². The van der Waals surface area contributed by atoms with Crippen molar-refractivity contribution in [1.29, 1.82) is 0 Å². The third-order valence-corrected chi connectivity index (χ3v) is 4.40. The van der Waals surface area contributed by atoms with Gasteiger partial charge < -0.3 is 19.7 Å². The molecule has 1 saturated heterocycles. The number of halogens is 2. The minimum atomic E-state index is -2.93. The molecule has 1 aliphatic heterocycles. The summed E-state index contributed by atoms with van der Waals surface area (Å²) in [5.74, 6) is -0.225. The molecule has 0 saturated carbocycles. The molecule has 24 heavy (non-hydrogen) atoms. The highest BCUT2D eigenvalue weighted by atomic mass is 19.3. The van der Waals surface area contributed by atoms with E-state index in [1.54, 1.807) is 30.9 Å². The van der Waals surface area contributed by atoms with Crippen molar-refractivity contribution in [3.8, 4) is 5.75 Å². The van der Waals surface area contributed by atoms with Crippen LogP contribution in [0, 0.1) is 0 Å². The molecular formula is C17H20F2N2O3. The molecule has 5 nitrogen and oxygen atoms in total. The number of carbonyl (C=O) groups excluding carboxylic acids is 1. The largest absolute Gasteiger partial charge is 0.434 e. The van der Waals surface area contributed by atoms with Crippen LogP contribution in [0.15, 0.2) is 24.3 Å². The molecule has 130 valence electrons. The van der Waals surface area contributed by atoms with Crippen molar-refractivity contribution in [2.45, 2.75) is 44.9 Å². The van der Waals surface area contributed by atoms with Crippen LogP contribution in [0.25, 0.3) is 10.9 Å². The van der Waals surface area contributed by atoms with Gasteiger partial charge in [-0.05, 0) is 44.9 Å². The minimum Gasteiger partial charge on any atom is -0.434 e. The zero-order valence-corrected chi connectivity index (χ0v) is 13.6. The lowest BCUT2D eigenvalue weighted by Gasteiger charge is -2.33. The van der Waals surface area contributed by atoms with Gasteiger partial charge in [0.1, 0.15) is 11.4 Å². The number of benzene rings is 1. The summed E-state index contributed by atoms with van der Waals surface area (Å²) in [6, 6.07) is 5.97. The predicted molar refractivity (Wildman–Crippen MR) is 85.3 cm³/mol. The lowest BCUT2D eigenvalue weighted by Crippen LogP contribution is -2.48. The Kier molecular flexibility index (Phi) is 4.21. The van der Waals surface area contributed by atoms with E-state index in [-0.39, 0.29) is 17.7 Å². The molecule has 3 rings (SSSR count). The zero-order chi connectivity index (χ0) is 17.5. The van der Waals surface area contributed by atoms with Crippen molar-refractivity contribution >= 4 is 16.8 Å². The molecule has 0 spiro atoms. The van der Waals surface area contributed by atoms with Crippen molar-refractivity contribution in [3.05, 3.63) is 30.0 Å². The summed E-state index contributed by atoms with van der Waals surface area (Å²) in [7, 11) is 0. The van der Waals surface area contributed by atoms with E-state index in [9.17, 15) is 18.7 Å². The third-order valence-electron chi connectivity index (χ3n) is 4.40. The van der Waals surface area contributed by atoms with Gasteiger partial charge in [0.05, 0.1) is 11.6 Å². The number of ether oxygens (including phenoxy) is 1. The highest BCUT2D eigenvalue weighted by Gasteiger charge is 2.39. The first-order valence-electron chi connectivity index (χ1n) is 7.87. The summed E-state index contributed by atoms with van der Waals surface area (Å²) in [5.41, 5.74) is -0.149. The highest BCUT2D eigenvalue weighted by Crippen LogP contribution is 2.31. The van der Waals surface area contributed by atoms with Crippen LogP contribution in [0.2, 0.25) is 0 Å². The number of fused-ring (bicyclic) bond motifs is 1. The second kappa shape index (κ2) is 6.05. The van der Waals surface area contributed by atoms with Gasteiger partial charge in [0.15, 0.2) is 0 Å². The van der Waals surface area contributed by atoms with E-state index >= 15 is 0 Å². The molecule has 1 atom stereocenters. The van der Waals surface area contributed by atoms with Gasteiger partial charge in [-0.1, -0.05) is 6.07 Å². The number of nitrogens with one attached hydrogen (secondary N) is 1. The van der Waals surface area contributed by atoms with Gasteiger partial charge in [-0.2, -0.15) is 8.78 Å². The summed E-state index contributed by atoms with van der Waals surface area (Å²) in [6.07, 6.45) is 1.55. The first-order chi connectivity index (χ1) is 11.3. The van der Waals surface area contributed by atoms with Gasteiger partial charge >= 0.3 is 6.61 Å². The number of aromatic nitrogens is 1. The molecule has 1 fully saturated rings.